The highest BCUT2D eigenvalue weighted by Crippen LogP contribution is 2.22. The second kappa shape index (κ2) is 6.29. The van der Waals surface area contributed by atoms with Gasteiger partial charge in [0.15, 0.2) is 11.6 Å². The topological polar surface area (TPSA) is 38.2 Å². The zero-order valence-corrected chi connectivity index (χ0v) is 11.2. The summed E-state index contributed by atoms with van der Waals surface area (Å²) in [4.78, 5) is 9.81. The molecule has 1 aliphatic heterocycles. The Hall–Kier alpha value is -0.940. The van der Waals surface area contributed by atoms with E-state index < -0.39 is 0 Å². The summed E-state index contributed by atoms with van der Waals surface area (Å²) in [6.07, 6.45) is 3.38. The van der Waals surface area contributed by atoms with Crippen molar-refractivity contribution < 1.29 is 9.13 Å². The lowest BCUT2D eigenvalue weighted by atomic mass is 10.1. The predicted molar refractivity (Wildman–Crippen MR) is 68.6 cm³/mol. The summed E-state index contributed by atoms with van der Waals surface area (Å²) in [5.74, 6) is 0.593. The van der Waals surface area contributed by atoms with Gasteiger partial charge in [-0.1, -0.05) is 0 Å². The molecule has 0 atom stereocenters. The van der Waals surface area contributed by atoms with Gasteiger partial charge >= 0.3 is 0 Å². The molecular formula is C12H17ClFN3O. The van der Waals surface area contributed by atoms with Crippen LogP contribution >= 0.6 is 11.6 Å². The first kappa shape index (κ1) is 13.5. The van der Waals surface area contributed by atoms with E-state index in [-0.39, 0.29) is 11.9 Å². The molecule has 100 valence electrons. The lowest BCUT2D eigenvalue weighted by molar-refractivity contribution is 0.0470. The Morgan fingerprint density at radius 3 is 2.83 bits per heavy atom. The van der Waals surface area contributed by atoms with E-state index in [1.165, 1.54) is 6.33 Å². The maximum Gasteiger partial charge on any atom is 0.186 e. The van der Waals surface area contributed by atoms with E-state index in [9.17, 15) is 4.39 Å². The van der Waals surface area contributed by atoms with E-state index in [1.54, 1.807) is 6.92 Å². The number of piperidine rings is 1. The molecule has 4 nitrogen and oxygen atoms in total. The number of ether oxygens (including phenoxy) is 1. The minimum Gasteiger partial charge on any atom is -0.377 e. The number of aromatic nitrogens is 2. The number of hydrogen-bond acceptors (Lipinski definition) is 4. The van der Waals surface area contributed by atoms with Gasteiger partial charge in [-0.3, -0.25) is 0 Å². The zero-order valence-electron chi connectivity index (χ0n) is 10.4. The Bertz CT molecular complexity index is 397. The molecule has 18 heavy (non-hydrogen) atoms. The van der Waals surface area contributed by atoms with E-state index in [4.69, 9.17) is 16.3 Å². The highest BCUT2D eigenvalue weighted by molar-refractivity contribution is 6.17. The van der Waals surface area contributed by atoms with Crippen LogP contribution in [0.25, 0.3) is 0 Å². The molecule has 0 amide bonds. The van der Waals surface area contributed by atoms with Crippen molar-refractivity contribution in [1.29, 1.82) is 0 Å². The van der Waals surface area contributed by atoms with Gasteiger partial charge in [-0.25, -0.2) is 14.4 Å². The average molecular weight is 274 g/mol. The van der Waals surface area contributed by atoms with Gasteiger partial charge in [0.25, 0.3) is 0 Å². The third-order valence-corrected chi connectivity index (χ3v) is 3.27. The third kappa shape index (κ3) is 3.09. The molecule has 1 aliphatic rings. The number of nitrogens with zero attached hydrogens (tertiary/aromatic N) is 3. The normalized spacial score (nSPS) is 17.2. The molecule has 2 rings (SSSR count). The number of halogens is 2. The lowest BCUT2D eigenvalue weighted by Crippen LogP contribution is -2.38. The first-order valence-electron chi connectivity index (χ1n) is 6.12. The molecule has 0 radical (unpaired) electrons. The van der Waals surface area contributed by atoms with Gasteiger partial charge in [-0.2, -0.15) is 0 Å². The summed E-state index contributed by atoms with van der Waals surface area (Å²) < 4.78 is 19.5. The molecule has 1 aromatic rings. The highest BCUT2D eigenvalue weighted by atomic mass is 35.5. The molecule has 0 saturated carbocycles. The van der Waals surface area contributed by atoms with Crippen LogP contribution in [-0.4, -0.2) is 41.6 Å². The first-order chi connectivity index (χ1) is 8.72. The predicted octanol–water partition coefficient (Wildman–Crippen LogP) is 2.15. The Morgan fingerprint density at radius 2 is 2.17 bits per heavy atom. The molecule has 1 aromatic heterocycles. The van der Waals surface area contributed by atoms with Gasteiger partial charge in [0.1, 0.15) is 6.33 Å². The fraction of sp³-hybridized carbons (Fsp3) is 0.667. The van der Waals surface area contributed by atoms with Crippen molar-refractivity contribution in [1.82, 2.24) is 9.97 Å². The zero-order chi connectivity index (χ0) is 13.0. The van der Waals surface area contributed by atoms with E-state index in [1.807, 2.05) is 4.90 Å². The van der Waals surface area contributed by atoms with Crippen LogP contribution in [0.15, 0.2) is 6.33 Å². The van der Waals surface area contributed by atoms with Crippen LogP contribution in [0.1, 0.15) is 18.5 Å². The maximum absolute atomic E-state index is 13.9. The van der Waals surface area contributed by atoms with Crippen molar-refractivity contribution in [3.8, 4) is 0 Å². The minimum absolute atomic E-state index is 0.228. The SMILES string of the molecule is Cc1ncnc(N2CCC(OCCCl)CC2)c1F. The van der Waals surface area contributed by atoms with E-state index in [2.05, 4.69) is 9.97 Å². The molecule has 1 fully saturated rings. The molecule has 0 spiro atoms. The maximum atomic E-state index is 13.9. The Kier molecular flexibility index (Phi) is 4.72. The Morgan fingerprint density at radius 1 is 1.44 bits per heavy atom. The second-order valence-electron chi connectivity index (χ2n) is 4.34. The monoisotopic (exact) mass is 273 g/mol. The van der Waals surface area contributed by atoms with Gasteiger partial charge < -0.3 is 9.64 Å². The summed E-state index contributed by atoms with van der Waals surface area (Å²) in [6, 6.07) is 0. The molecule has 0 bridgehead atoms. The van der Waals surface area contributed by atoms with Crippen molar-refractivity contribution in [3.05, 3.63) is 17.8 Å². The molecule has 0 aliphatic carbocycles. The summed E-state index contributed by atoms with van der Waals surface area (Å²) >= 11 is 5.58. The van der Waals surface area contributed by atoms with Crippen LogP contribution in [0.3, 0.4) is 0 Å². The summed E-state index contributed by atoms with van der Waals surface area (Å²) in [5.41, 5.74) is 0.389. The van der Waals surface area contributed by atoms with Crippen LogP contribution in [0.2, 0.25) is 0 Å². The van der Waals surface area contributed by atoms with Crippen molar-refractivity contribution >= 4 is 17.4 Å². The van der Waals surface area contributed by atoms with Crippen LogP contribution in [0.5, 0.6) is 0 Å². The van der Waals surface area contributed by atoms with Crippen LogP contribution < -0.4 is 4.90 Å². The molecular weight excluding hydrogens is 257 g/mol. The van der Waals surface area contributed by atoms with Crippen molar-refractivity contribution in [2.75, 3.05) is 30.5 Å². The standard InChI is InChI=1S/C12H17ClFN3O/c1-9-11(14)12(16-8-15-9)17-5-2-10(3-6-17)18-7-4-13/h8,10H,2-7H2,1H3. The van der Waals surface area contributed by atoms with Gasteiger partial charge in [-0.05, 0) is 19.8 Å². The Labute approximate surface area is 111 Å². The summed E-state index contributed by atoms with van der Waals surface area (Å²) in [7, 11) is 0. The summed E-state index contributed by atoms with van der Waals surface area (Å²) in [6.45, 7) is 3.73. The van der Waals surface area contributed by atoms with Gasteiger partial charge in [-0.15, -0.1) is 11.6 Å². The van der Waals surface area contributed by atoms with Crippen molar-refractivity contribution in [3.63, 3.8) is 0 Å². The second-order valence-corrected chi connectivity index (χ2v) is 4.72. The Balaban J connectivity index is 1.95. The molecule has 0 unspecified atom stereocenters. The van der Waals surface area contributed by atoms with E-state index in [0.29, 0.717) is 24.0 Å². The molecule has 0 aromatic carbocycles. The van der Waals surface area contributed by atoms with Crippen LogP contribution in [0, 0.1) is 12.7 Å². The largest absolute Gasteiger partial charge is 0.377 e. The molecule has 1 saturated heterocycles. The third-order valence-electron chi connectivity index (χ3n) is 3.12. The fourth-order valence-corrected chi connectivity index (χ4v) is 2.20. The van der Waals surface area contributed by atoms with Crippen molar-refractivity contribution in [2.24, 2.45) is 0 Å². The summed E-state index contributed by atoms with van der Waals surface area (Å²) in [5, 5.41) is 0. The van der Waals surface area contributed by atoms with Gasteiger partial charge in [0.05, 0.1) is 18.4 Å². The van der Waals surface area contributed by atoms with Gasteiger partial charge in [0.2, 0.25) is 0 Å². The lowest BCUT2D eigenvalue weighted by Gasteiger charge is -2.32. The number of aryl methyl sites for hydroxylation is 1. The number of alkyl halides is 1. The fourth-order valence-electron chi connectivity index (χ4n) is 2.11. The first-order valence-corrected chi connectivity index (χ1v) is 6.65. The quantitative estimate of drug-likeness (QED) is 0.788. The van der Waals surface area contributed by atoms with Crippen LogP contribution in [-0.2, 0) is 4.74 Å². The smallest absolute Gasteiger partial charge is 0.186 e. The number of hydrogen-bond donors (Lipinski definition) is 0. The van der Waals surface area contributed by atoms with E-state index >= 15 is 0 Å². The van der Waals surface area contributed by atoms with E-state index in [0.717, 1.165) is 25.9 Å². The van der Waals surface area contributed by atoms with Gasteiger partial charge in [0, 0.05) is 19.0 Å². The molecule has 0 N–H and O–H groups in total. The number of rotatable bonds is 4. The molecule has 6 heteroatoms. The number of anilines is 1. The highest BCUT2D eigenvalue weighted by Gasteiger charge is 2.23. The average Bonchev–Trinajstić information content (AvgIpc) is 2.40. The minimum atomic E-state index is -0.322. The van der Waals surface area contributed by atoms with Crippen molar-refractivity contribution in [2.45, 2.75) is 25.9 Å². The molecule has 2 heterocycles. The van der Waals surface area contributed by atoms with Crippen LogP contribution in [0.4, 0.5) is 10.2 Å².